The van der Waals surface area contributed by atoms with Crippen molar-refractivity contribution in [3.05, 3.63) is 0 Å². The highest BCUT2D eigenvalue weighted by molar-refractivity contribution is 8.57. The summed E-state index contributed by atoms with van der Waals surface area (Å²) in [5, 5.41) is 0. The molecular formula is C16H34N3O2PS3. The highest BCUT2D eigenvalue weighted by Crippen LogP contribution is 2.65. The number of rotatable bonds is 15. The first kappa shape index (κ1) is 25.2. The number of carbonyl (C=O) groups is 1. The van der Waals surface area contributed by atoms with Crippen molar-refractivity contribution in [1.29, 1.82) is 0 Å². The van der Waals surface area contributed by atoms with E-state index in [-0.39, 0.29) is 5.91 Å². The zero-order chi connectivity index (χ0) is 19.3. The third-order valence-electron chi connectivity index (χ3n) is 3.54. The topological polar surface area (TPSA) is 43.9 Å². The first-order valence-corrected chi connectivity index (χ1v) is 13.4. The lowest BCUT2D eigenvalue weighted by Crippen LogP contribution is -2.30. The van der Waals surface area contributed by atoms with Gasteiger partial charge in [0.25, 0.3) is 0 Å². The minimum atomic E-state index is -2.88. The molecule has 0 aliphatic carbocycles. The van der Waals surface area contributed by atoms with Crippen molar-refractivity contribution in [3.63, 3.8) is 0 Å². The van der Waals surface area contributed by atoms with Crippen molar-refractivity contribution in [1.82, 2.24) is 13.1 Å². The standard InChI is InChI=1S/C16H34N3O2PS3/c1-6-9-10-11-13-19(16(20)12-7-2)25-18(5)22(21,17(4)15-23)24-14-8-3/h15H,6-14H2,1-5H3. The fourth-order valence-corrected chi connectivity index (χ4v) is 8.69. The molecule has 5 nitrogen and oxygen atoms in total. The largest absolute Gasteiger partial charge is 0.305 e. The number of thiocarbonyl (C=S) groups is 1. The van der Waals surface area contributed by atoms with Crippen molar-refractivity contribution in [2.45, 2.75) is 65.7 Å². The zero-order valence-electron chi connectivity index (χ0n) is 16.3. The monoisotopic (exact) mass is 427 g/mol. The maximum absolute atomic E-state index is 13.5. The molecule has 0 aromatic carbocycles. The summed E-state index contributed by atoms with van der Waals surface area (Å²) in [5.74, 6) is 0.891. The van der Waals surface area contributed by atoms with Crippen LogP contribution in [0.3, 0.4) is 0 Å². The molecule has 0 aromatic rings. The molecule has 9 heteroatoms. The number of hydrogen-bond acceptors (Lipinski definition) is 5. The summed E-state index contributed by atoms with van der Waals surface area (Å²) < 4.78 is 18.6. The van der Waals surface area contributed by atoms with Gasteiger partial charge in [0, 0.05) is 32.8 Å². The summed E-state index contributed by atoms with van der Waals surface area (Å²) in [7, 11) is 3.54. The van der Waals surface area contributed by atoms with Crippen LogP contribution in [0.2, 0.25) is 0 Å². The molecule has 0 aliphatic heterocycles. The Balaban J connectivity index is 5.08. The third-order valence-corrected chi connectivity index (χ3v) is 11.6. The van der Waals surface area contributed by atoms with Gasteiger partial charge in [-0.05, 0) is 19.3 Å². The van der Waals surface area contributed by atoms with Gasteiger partial charge < -0.3 is 4.67 Å². The highest BCUT2D eigenvalue weighted by atomic mass is 32.7. The van der Waals surface area contributed by atoms with Gasteiger partial charge in [-0.1, -0.05) is 63.6 Å². The second-order valence-electron chi connectivity index (χ2n) is 5.86. The molecule has 0 fully saturated rings. The maximum atomic E-state index is 13.5. The third kappa shape index (κ3) is 9.14. The molecule has 0 bridgehead atoms. The average molecular weight is 428 g/mol. The normalized spacial score (nSPS) is 13.5. The second-order valence-corrected chi connectivity index (χ2v) is 12.6. The van der Waals surface area contributed by atoms with E-state index in [1.807, 2.05) is 6.92 Å². The van der Waals surface area contributed by atoms with E-state index in [0.717, 1.165) is 37.9 Å². The summed E-state index contributed by atoms with van der Waals surface area (Å²) in [6.45, 7) is 4.04. The summed E-state index contributed by atoms with van der Waals surface area (Å²) in [4.78, 5) is 12.5. The predicted octanol–water partition coefficient (Wildman–Crippen LogP) is 5.83. The van der Waals surface area contributed by atoms with Crippen LogP contribution in [0, 0.1) is 0 Å². The van der Waals surface area contributed by atoms with Crippen LogP contribution in [0.1, 0.15) is 65.7 Å². The van der Waals surface area contributed by atoms with Gasteiger partial charge in [-0.2, -0.15) is 4.08 Å². The highest BCUT2D eigenvalue weighted by Gasteiger charge is 2.34. The molecule has 148 valence electrons. The van der Waals surface area contributed by atoms with Gasteiger partial charge in [0.1, 0.15) is 0 Å². The van der Waals surface area contributed by atoms with Gasteiger partial charge in [-0.15, -0.1) is 0 Å². The summed E-state index contributed by atoms with van der Waals surface area (Å²) in [5.41, 5.74) is 1.43. The van der Waals surface area contributed by atoms with Crippen molar-refractivity contribution in [3.8, 4) is 0 Å². The molecule has 1 unspecified atom stereocenters. The molecule has 0 saturated carbocycles. The summed E-state index contributed by atoms with van der Waals surface area (Å²) in [6, 6.07) is 0. The van der Waals surface area contributed by atoms with Crippen LogP contribution in [0.5, 0.6) is 0 Å². The van der Waals surface area contributed by atoms with E-state index in [1.165, 1.54) is 35.4 Å². The fraction of sp³-hybridized carbons (Fsp3) is 0.875. The van der Waals surface area contributed by atoms with Gasteiger partial charge in [-0.25, -0.2) is 0 Å². The molecule has 0 radical (unpaired) electrons. The Kier molecular flexibility index (Phi) is 14.5. The van der Waals surface area contributed by atoms with E-state index in [4.69, 9.17) is 12.2 Å². The van der Waals surface area contributed by atoms with Crippen LogP contribution >= 0.6 is 42.4 Å². The Labute approximate surface area is 168 Å². The average Bonchev–Trinajstić information content (AvgIpc) is 2.61. The molecule has 0 spiro atoms. The Morgan fingerprint density at radius 2 is 1.76 bits per heavy atom. The molecule has 1 atom stereocenters. The van der Waals surface area contributed by atoms with Crippen molar-refractivity contribution in [2.24, 2.45) is 0 Å². The SMILES string of the molecule is CCCCCCN(SN(C)P(=O)(SCCC)N(C)C=S)C(=O)CCC. The maximum Gasteiger partial charge on any atom is 0.305 e. The molecule has 0 aromatic heterocycles. The molecule has 1 amide bonds. The van der Waals surface area contributed by atoms with E-state index in [0.29, 0.717) is 13.0 Å². The van der Waals surface area contributed by atoms with Crippen LogP contribution in [0.15, 0.2) is 0 Å². The van der Waals surface area contributed by atoms with E-state index in [9.17, 15) is 9.36 Å². The van der Waals surface area contributed by atoms with E-state index in [1.54, 1.807) is 27.1 Å². The molecular weight excluding hydrogens is 393 g/mol. The van der Waals surface area contributed by atoms with Crippen molar-refractivity contribution < 1.29 is 9.36 Å². The minimum absolute atomic E-state index is 0.105. The lowest BCUT2D eigenvalue weighted by molar-refractivity contribution is -0.126. The van der Waals surface area contributed by atoms with E-state index >= 15 is 0 Å². The van der Waals surface area contributed by atoms with Crippen LogP contribution in [0.4, 0.5) is 0 Å². The zero-order valence-corrected chi connectivity index (χ0v) is 19.6. The lowest BCUT2D eigenvalue weighted by atomic mass is 10.2. The van der Waals surface area contributed by atoms with Crippen molar-refractivity contribution >= 4 is 53.8 Å². The fourth-order valence-electron chi connectivity index (χ4n) is 2.06. The number of nitrogens with zero attached hydrogens (tertiary/aromatic N) is 3. The second kappa shape index (κ2) is 14.3. The van der Waals surface area contributed by atoms with Crippen LogP contribution in [-0.4, -0.2) is 50.8 Å². The number of carbonyl (C=O) groups excluding carboxylic acids is 1. The van der Waals surface area contributed by atoms with Crippen molar-refractivity contribution in [2.75, 3.05) is 26.4 Å². The summed E-state index contributed by atoms with van der Waals surface area (Å²) >= 11 is 7.69. The molecule has 0 rings (SSSR count). The molecule has 25 heavy (non-hydrogen) atoms. The van der Waals surface area contributed by atoms with Crippen LogP contribution in [-0.2, 0) is 9.36 Å². The Bertz CT molecular complexity index is 441. The first-order chi connectivity index (χ1) is 11.9. The van der Waals surface area contributed by atoms with Crippen LogP contribution < -0.4 is 0 Å². The minimum Gasteiger partial charge on any atom is -0.302 e. The Hall–Kier alpha value is 0.250. The van der Waals surface area contributed by atoms with E-state index < -0.39 is 6.65 Å². The predicted molar refractivity (Wildman–Crippen MR) is 118 cm³/mol. The van der Waals surface area contributed by atoms with Gasteiger partial charge in [-0.3, -0.25) is 13.7 Å². The smallest absolute Gasteiger partial charge is 0.302 e. The molecule has 0 N–H and O–H groups in total. The van der Waals surface area contributed by atoms with E-state index in [2.05, 4.69) is 13.8 Å². The first-order valence-electron chi connectivity index (χ1n) is 9.03. The van der Waals surface area contributed by atoms with Gasteiger partial charge in [0.2, 0.25) is 5.91 Å². The Morgan fingerprint density at radius 3 is 2.28 bits per heavy atom. The quantitative estimate of drug-likeness (QED) is 0.141. The lowest BCUT2D eigenvalue weighted by Gasteiger charge is -2.34. The van der Waals surface area contributed by atoms with Crippen LogP contribution in [0.25, 0.3) is 0 Å². The van der Waals surface area contributed by atoms with Gasteiger partial charge in [0.05, 0.1) is 17.6 Å². The number of amides is 1. The molecule has 0 heterocycles. The summed E-state index contributed by atoms with van der Waals surface area (Å²) in [6.07, 6.45) is 6.69. The molecule has 0 saturated heterocycles. The number of unbranched alkanes of at least 4 members (excludes halogenated alkanes) is 3. The molecule has 0 aliphatic rings. The van der Waals surface area contributed by atoms with Gasteiger partial charge >= 0.3 is 6.65 Å². The number of hydrogen-bond donors (Lipinski definition) is 0. The van der Waals surface area contributed by atoms with Gasteiger partial charge in [0.15, 0.2) is 0 Å². The Morgan fingerprint density at radius 1 is 1.08 bits per heavy atom.